The van der Waals surface area contributed by atoms with Crippen LogP contribution in [0.3, 0.4) is 0 Å². The van der Waals surface area contributed by atoms with E-state index in [0.29, 0.717) is 12.5 Å². The molecule has 0 radical (unpaired) electrons. The van der Waals surface area contributed by atoms with Crippen LogP contribution in [0.15, 0.2) is 18.2 Å². The Bertz CT molecular complexity index is 438. The lowest BCUT2D eigenvalue weighted by molar-refractivity contribution is -0.128. The molecule has 0 spiro atoms. The lowest BCUT2D eigenvalue weighted by atomic mass is 10.1. The maximum atomic E-state index is 12.0. The molecule has 3 heteroatoms. The van der Waals surface area contributed by atoms with Gasteiger partial charge in [0.1, 0.15) is 5.75 Å². The minimum atomic E-state index is -0.383. The zero-order chi connectivity index (χ0) is 13.1. The standard InChI is InChI=1S/C15H21NO2/c1-4-13(15(17)16-12-8-9-12)18-14-7-5-6-10(2)11(14)3/h5-7,12-13H,4,8-9H2,1-3H3,(H,16,17)/t13-/m0/s1. The summed E-state index contributed by atoms with van der Waals surface area (Å²) in [7, 11) is 0. The van der Waals surface area contributed by atoms with Crippen molar-refractivity contribution in [1.82, 2.24) is 5.32 Å². The minimum absolute atomic E-state index is 0.0147. The van der Waals surface area contributed by atoms with Crippen LogP contribution in [0, 0.1) is 13.8 Å². The number of carbonyl (C=O) groups excluding carboxylic acids is 1. The number of rotatable bonds is 5. The summed E-state index contributed by atoms with van der Waals surface area (Å²) in [4.78, 5) is 12.0. The monoisotopic (exact) mass is 247 g/mol. The molecule has 1 aromatic carbocycles. The summed E-state index contributed by atoms with van der Waals surface area (Å²) in [6.45, 7) is 6.05. The van der Waals surface area contributed by atoms with E-state index in [2.05, 4.69) is 5.32 Å². The zero-order valence-electron chi connectivity index (χ0n) is 11.3. The number of benzene rings is 1. The van der Waals surface area contributed by atoms with E-state index >= 15 is 0 Å². The molecule has 0 aliphatic heterocycles. The first-order chi connectivity index (χ1) is 8.61. The molecule has 1 fully saturated rings. The fourth-order valence-corrected chi connectivity index (χ4v) is 1.85. The summed E-state index contributed by atoms with van der Waals surface area (Å²) < 4.78 is 5.85. The Hall–Kier alpha value is -1.51. The van der Waals surface area contributed by atoms with Crippen LogP contribution in [0.5, 0.6) is 5.75 Å². The maximum absolute atomic E-state index is 12.0. The van der Waals surface area contributed by atoms with Crippen molar-refractivity contribution in [3.05, 3.63) is 29.3 Å². The van der Waals surface area contributed by atoms with Crippen LogP contribution in [0.2, 0.25) is 0 Å². The highest BCUT2D eigenvalue weighted by Crippen LogP contribution is 2.23. The number of hydrogen-bond acceptors (Lipinski definition) is 2. The summed E-state index contributed by atoms with van der Waals surface area (Å²) in [5, 5.41) is 3.00. The highest BCUT2D eigenvalue weighted by Gasteiger charge is 2.27. The summed E-state index contributed by atoms with van der Waals surface area (Å²) in [5.74, 6) is 0.828. The lowest BCUT2D eigenvalue weighted by Gasteiger charge is -2.19. The molecule has 18 heavy (non-hydrogen) atoms. The summed E-state index contributed by atoms with van der Waals surface area (Å²) in [6, 6.07) is 6.32. The molecule has 0 aromatic heterocycles. The van der Waals surface area contributed by atoms with E-state index in [-0.39, 0.29) is 12.0 Å². The second kappa shape index (κ2) is 5.42. The predicted molar refractivity (Wildman–Crippen MR) is 71.8 cm³/mol. The van der Waals surface area contributed by atoms with Gasteiger partial charge in [-0.1, -0.05) is 19.1 Å². The predicted octanol–water partition coefficient (Wildman–Crippen LogP) is 2.74. The topological polar surface area (TPSA) is 38.3 Å². The Morgan fingerprint density at radius 2 is 2.17 bits per heavy atom. The number of ether oxygens (including phenoxy) is 1. The van der Waals surface area contributed by atoms with Crippen molar-refractivity contribution < 1.29 is 9.53 Å². The van der Waals surface area contributed by atoms with Gasteiger partial charge in [0.25, 0.3) is 5.91 Å². The van der Waals surface area contributed by atoms with Gasteiger partial charge >= 0.3 is 0 Å². The van der Waals surface area contributed by atoms with Crippen molar-refractivity contribution in [2.45, 2.75) is 52.2 Å². The van der Waals surface area contributed by atoms with Gasteiger partial charge in [-0.2, -0.15) is 0 Å². The van der Waals surface area contributed by atoms with Gasteiger partial charge in [-0.25, -0.2) is 0 Å². The van der Waals surface area contributed by atoms with E-state index in [4.69, 9.17) is 4.74 Å². The van der Waals surface area contributed by atoms with Crippen molar-refractivity contribution in [3.8, 4) is 5.75 Å². The van der Waals surface area contributed by atoms with Gasteiger partial charge in [-0.3, -0.25) is 4.79 Å². The zero-order valence-corrected chi connectivity index (χ0v) is 11.3. The number of amides is 1. The SMILES string of the molecule is CC[C@H](Oc1cccc(C)c1C)C(=O)NC1CC1. The molecule has 0 bridgehead atoms. The maximum Gasteiger partial charge on any atom is 0.261 e. The molecule has 1 aliphatic rings. The number of carbonyl (C=O) groups is 1. The van der Waals surface area contributed by atoms with Gasteiger partial charge in [-0.05, 0) is 50.3 Å². The van der Waals surface area contributed by atoms with E-state index in [1.54, 1.807) is 0 Å². The van der Waals surface area contributed by atoms with Crippen molar-refractivity contribution >= 4 is 5.91 Å². The third-order valence-electron chi connectivity index (χ3n) is 3.41. The van der Waals surface area contributed by atoms with Crippen LogP contribution < -0.4 is 10.1 Å². The van der Waals surface area contributed by atoms with Crippen molar-refractivity contribution in [1.29, 1.82) is 0 Å². The van der Waals surface area contributed by atoms with Gasteiger partial charge in [0.15, 0.2) is 6.10 Å². The van der Waals surface area contributed by atoms with Crippen LogP contribution in [0.4, 0.5) is 0 Å². The van der Waals surface area contributed by atoms with Gasteiger partial charge in [0, 0.05) is 6.04 Å². The molecule has 0 saturated heterocycles. The molecule has 2 rings (SSSR count). The first kappa shape index (κ1) is 12.9. The van der Waals surface area contributed by atoms with Crippen molar-refractivity contribution in [2.24, 2.45) is 0 Å². The van der Waals surface area contributed by atoms with E-state index in [1.165, 1.54) is 5.56 Å². The molecule has 1 atom stereocenters. The quantitative estimate of drug-likeness (QED) is 0.868. The first-order valence-corrected chi connectivity index (χ1v) is 6.65. The summed E-state index contributed by atoms with van der Waals surface area (Å²) >= 11 is 0. The van der Waals surface area contributed by atoms with E-state index in [9.17, 15) is 4.79 Å². The Labute approximate surface area is 109 Å². The molecule has 1 amide bonds. The molecule has 0 unspecified atom stereocenters. The molecule has 1 aliphatic carbocycles. The largest absolute Gasteiger partial charge is 0.480 e. The Balaban J connectivity index is 2.04. The van der Waals surface area contributed by atoms with Crippen LogP contribution >= 0.6 is 0 Å². The Morgan fingerprint density at radius 3 is 2.78 bits per heavy atom. The van der Waals surface area contributed by atoms with E-state index < -0.39 is 0 Å². The molecule has 0 heterocycles. The van der Waals surface area contributed by atoms with Crippen molar-refractivity contribution in [3.63, 3.8) is 0 Å². The fourth-order valence-electron chi connectivity index (χ4n) is 1.85. The normalized spacial score (nSPS) is 16.2. The van der Waals surface area contributed by atoms with Gasteiger partial charge in [0.2, 0.25) is 0 Å². The molecule has 3 nitrogen and oxygen atoms in total. The average Bonchev–Trinajstić information content (AvgIpc) is 3.14. The van der Waals surface area contributed by atoms with E-state index in [0.717, 1.165) is 24.2 Å². The molecule has 98 valence electrons. The van der Waals surface area contributed by atoms with E-state index in [1.807, 2.05) is 39.0 Å². The van der Waals surface area contributed by atoms with Crippen LogP contribution in [0.25, 0.3) is 0 Å². The highest BCUT2D eigenvalue weighted by atomic mass is 16.5. The summed E-state index contributed by atoms with van der Waals surface area (Å²) in [6.07, 6.45) is 2.51. The number of hydrogen-bond donors (Lipinski definition) is 1. The van der Waals surface area contributed by atoms with Gasteiger partial charge in [0.05, 0.1) is 0 Å². The second-order valence-corrected chi connectivity index (χ2v) is 5.00. The Kier molecular flexibility index (Phi) is 3.90. The van der Waals surface area contributed by atoms with Crippen LogP contribution in [-0.4, -0.2) is 18.1 Å². The van der Waals surface area contributed by atoms with Crippen LogP contribution in [0.1, 0.15) is 37.3 Å². The minimum Gasteiger partial charge on any atom is -0.480 e. The average molecular weight is 247 g/mol. The third-order valence-corrected chi connectivity index (χ3v) is 3.41. The molecule has 1 aromatic rings. The first-order valence-electron chi connectivity index (χ1n) is 6.65. The smallest absolute Gasteiger partial charge is 0.261 e. The van der Waals surface area contributed by atoms with Crippen molar-refractivity contribution in [2.75, 3.05) is 0 Å². The van der Waals surface area contributed by atoms with Gasteiger partial charge in [-0.15, -0.1) is 0 Å². The molecule has 1 saturated carbocycles. The number of nitrogens with one attached hydrogen (secondary N) is 1. The Morgan fingerprint density at radius 1 is 1.44 bits per heavy atom. The lowest BCUT2D eigenvalue weighted by Crippen LogP contribution is -2.39. The summed E-state index contributed by atoms with van der Waals surface area (Å²) in [5.41, 5.74) is 2.29. The van der Waals surface area contributed by atoms with Gasteiger partial charge < -0.3 is 10.1 Å². The fraction of sp³-hybridized carbons (Fsp3) is 0.533. The third kappa shape index (κ3) is 3.03. The van der Waals surface area contributed by atoms with Crippen LogP contribution in [-0.2, 0) is 4.79 Å². The number of aryl methyl sites for hydroxylation is 1. The highest BCUT2D eigenvalue weighted by molar-refractivity contribution is 5.81. The molecular weight excluding hydrogens is 226 g/mol. The second-order valence-electron chi connectivity index (χ2n) is 5.00. The molecular formula is C15H21NO2. The molecule has 1 N–H and O–H groups in total.